The van der Waals surface area contributed by atoms with Gasteiger partial charge in [-0.3, -0.25) is 0 Å². The first-order chi connectivity index (χ1) is 8.66. The van der Waals surface area contributed by atoms with Crippen LogP contribution >= 0.6 is 34.8 Å². The van der Waals surface area contributed by atoms with E-state index in [-0.39, 0.29) is 0 Å². The fraction of sp³-hybridized carbons (Fsp3) is 0. The molecule has 3 rings (SSSR count). The molecule has 0 aliphatic heterocycles. The highest BCUT2D eigenvalue weighted by atomic mass is 35.5. The molecule has 90 valence electrons. The van der Waals surface area contributed by atoms with Gasteiger partial charge in [-0.2, -0.15) is 5.10 Å². The van der Waals surface area contributed by atoms with Crippen molar-refractivity contribution < 1.29 is 0 Å². The number of fused-ring (bicyclic) bond motifs is 1. The Bertz CT molecular complexity index is 722. The summed E-state index contributed by atoms with van der Waals surface area (Å²) < 4.78 is 1.54. The zero-order chi connectivity index (χ0) is 12.7. The molecule has 0 amide bonds. The van der Waals surface area contributed by atoms with Crippen molar-refractivity contribution in [3.8, 4) is 5.82 Å². The third-order valence-electron chi connectivity index (χ3n) is 2.50. The Balaban J connectivity index is 2.33. The van der Waals surface area contributed by atoms with E-state index in [2.05, 4.69) is 10.1 Å². The number of rotatable bonds is 1. The molecule has 6 heteroatoms. The zero-order valence-electron chi connectivity index (χ0n) is 8.94. The minimum Gasteiger partial charge on any atom is -0.237 e. The second-order valence-electron chi connectivity index (χ2n) is 3.67. The number of benzene rings is 1. The number of aromatic nitrogens is 3. The van der Waals surface area contributed by atoms with Crippen LogP contribution in [0.4, 0.5) is 0 Å². The topological polar surface area (TPSA) is 30.7 Å². The van der Waals surface area contributed by atoms with Crippen molar-refractivity contribution in [3.63, 3.8) is 0 Å². The maximum absolute atomic E-state index is 6.28. The molecule has 0 aliphatic carbocycles. The van der Waals surface area contributed by atoms with Gasteiger partial charge in [-0.25, -0.2) is 9.67 Å². The van der Waals surface area contributed by atoms with Gasteiger partial charge in [-0.15, -0.1) is 0 Å². The predicted molar refractivity (Wildman–Crippen MR) is 73.9 cm³/mol. The Kier molecular flexibility index (Phi) is 2.90. The van der Waals surface area contributed by atoms with Gasteiger partial charge in [0.25, 0.3) is 0 Å². The lowest BCUT2D eigenvalue weighted by Gasteiger charge is -1.99. The third-order valence-corrected chi connectivity index (χ3v) is 3.37. The molecule has 2 heterocycles. The standard InChI is InChI=1S/C12H6Cl3N3/c13-7-5-8-11(9(14)6-7)17-18(12(8)15)10-3-1-2-4-16-10/h1-6H. The van der Waals surface area contributed by atoms with Crippen molar-refractivity contribution in [2.24, 2.45) is 0 Å². The molecule has 0 atom stereocenters. The molecule has 18 heavy (non-hydrogen) atoms. The average Bonchev–Trinajstić information content (AvgIpc) is 2.69. The van der Waals surface area contributed by atoms with Gasteiger partial charge < -0.3 is 0 Å². The van der Waals surface area contributed by atoms with Crippen LogP contribution < -0.4 is 0 Å². The van der Waals surface area contributed by atoms with Crippen LogP contribution in [0.5, 0.6) is 0 Å². The molecule has 0 saturated carbocycles. The van der Waals surface area contributed by atoms with Gasteiger partial charge in [0.2, 0.25) is 0 Å². The van der Waals surface area contributed by atoms with Crippen molar-refractivity contribution >= 4 is 45.7 Å². The summed E-state index contributed by atoms with van der Waals surface area (Å²) in [4.78, 5) is 4.20. The lowest BCUT2D eigenvalue weighted by atomic mass is 10.2. The van der Waals surface area contributed by atoms with E-state index in [4.69, 9.17) is 34.8 Å². The highest BCUT2D eigenvalue weighted by Gasteiger charge is 2.14. The van der Waals surface area contributed by atoms with Crippen LogP contribution in [0.3, 0.4) is 0 Å². The Morgan fingerprint density at radius 2 is 1.89 bits per heavy atom. The molecule has 0 spiro atoms. The molecule has 2 aromatic heterocycles. The van der Waals surface area contributed by atoms with Crippen molar-refractivity contribution in [3.05, 3.63) is 51.7 Å². The van der Waals surface area contributed by atoms with E-state index in [0.717, 1.165) is 0 Å². The summed E-state index contributed by atoms with van der Waals surface area (Å²) in [7, 11) is 0. The van der Waals surface area contributed by atoms with Crippen molar-refractivity contribution in [1.29, 1.82) is 0 Å². The van der Waals surface area contributed by atoms with Crippen LogP contribution in [0.2, 0.25) is 15.2 Å². The van der Waals surface area contributed by atoms with Gasteiger partial charge in [0, 0.05) is 16.6 Å². The fourth-order valence-corrected chi connectivity index (χ4v) is 2.51. The average molecular weight is 299 g/mol. The van der Waals surface area contributed by atoms with E-state index in [9.17, 15) is 0 Å². The predicted octanol–water partition coefficient (Wildman–Crippen LogP) is 4.38. The quantitative estimate of drug-likeness (QED) is 0.667. The lowest BCUT2D eigenvalue weighted by molar-refractivity contribution is 0.861. The number of hydrogen-bond donors (Lipinski definition) is 0. The number of halogens is 3. The fourth-order valence-electron chi connectivity index (χ4n) is 1.71. The second-order valence-corrected chi connectivity index (χ2v) is 4.88. The van der Waals surface area contributed by atoms with Crippen molar-refractivity contribution in [2.45, 2.75) is 0 Å². The summed E-state index contributed by atoms with van der Waals surface area (Å²) in [6.45, 7) is 0. The van der Waals surface area contributed by atoms with E-state index in [1.807, 2.05) is 18.2 Å². The largest absolute Gasteiger partial charge is 0.237 e. The summed E-state index contributed by atoms with van der Waals surface area (Å²) in [5, 5.41) is 6.49. The number of nitrogens with zero attached hydrogens (tertiary/aromatic N) is 3. The van der Waals surface area contributed by atoms with Crippen molar-refractivity contribution in [1.82, 2.24) is 14.8 Å². The zero-order valence-corrected chi connectivity index (χ0v) is 11.2. The summed E-state index contributed by atoms with van der Waals surface area (Å²) in [5.74, 6) is 0.630. The van der Waals surface area contributed by atoms with Crippen LogP contribution in [0.15, 0.2) is 36.5 Å². The van der Waals surface area contributed by atoms with Crippen LogP contribution in [0, 0.1) is 0 Å². The molecular weight excluding hydrogens is 293 g/mol. The molecule has 0 aliphatic rings. The van der Waals surface area contributed by atoms with Gasteiger partial charge in [0.05, 0.1) is 5.02 Å². The van der Waals surface area contributed by atoms with Gasteiger partial charge in [0.1, 0.15) is 10.7 Å². The summed E-state index contributed by atoms with van der Waals surface area (Å²) in [5.41, 5.74) is 0.608. The highest BCUT2D eigenvalue weighted by molar-refractivity contribution is 6.41. The SMILES string of the molecule is Clc1cc(Cl)c2nn(-c3ccccn3)c(Cl)c2c1. The Labute approximate surface area is 118 Å². The molecule has 0 radical (unpaired) electrons. The monoisotopic (exact) mass is 297 g/mol. The van der Waals surface area contributed by atoms with Crippen molar-refractivity contribution in [2.75, 3.05) is 0 Å². The molecule has 0 bridgehead atoms. The minimum atomic E-state index is 0.438. The van der Waals surface area contributed by atoms with Crippen LogP contribution in [0.25, 0.3) is 16.7 Å². The van der Waals surface area contributed by atoms with E-state index in [0.29, 0.717) is 31.9 Å². The van der Waals surface area contributed by atoms with Crippen LogP contribution in [-0.4, -0.2) is 14.8 Å². The van der Waals surface area contributed by atoms with Gasteiger partial charge in [0.15, 0.2) is 5.82 Å². The Morgan fingerprint density at radius 3 is 2.61 bits per heavy atom. The second kappa shape index (κ2) is 4.43. The molecular formula is C12H6Cl3N3. The van der Waals surface area contributed by atoms with E-state index < -0.39 is 0 Å². The molecule has 3 aromatic rings. The van der Waals surface area contributed by atoms with Gasteiger partial charge in [-0.05, 0) is 24.3 Å². The molecule has 0 unspecified atom stereocenters. The number of pyridine rings is 1. The summed E-state index contributed by atoms with van der Waals surface area (Å²) >= 11 is 18.3. The van der Waals surface area contributed by atoms with Gasteiger partial charge >= 0.3 is 0 Å². The van der Waals surface area contributed by atoms with Crippen LogP contribution in [-0.2, 0) is 0 Å². The lowest BCUT2D eigenvalue weighted by Crippen LogP contribution is -1.98. The molecule has 0 saturated heterocycles. The van der Waals surface area contributed by atoms with Crippen LogP contribution in [0.1, 0.15) is 0 Å². The first-order valence-corrected chi connectivity index (χ1v) is 6.25. The highest BCUT2D eigenvalue weighted by Crippen LogP contribution is 2.32. The maximum Gasteiger partial charge on any atom is 0.155 e. The summed E-state index contributed by atoms with van der Waals surface area (Å²) in [6, 6.07) is 8.87. The van der Waals surface area contributed by atoms with Gasteiger partial charge in [-0.1, -0.05) is 40.9 Å². The van der Waals surface area contributed by atoms with E-state index in [1.54, 1.807) is 18.3 Å². The third kappa shape index (κ3) is 1.85. The first-order valence-electron chi connectivity index (χ1n) is 5.11. The maximum atomic E-state index is 6.28. The summed E-state index contributed by atoms with van der Waals surface area (Å²) in [6.07, 6.45) is 1.67. The molecule has 3 nitrogen and oxygen atoms in total. The molecule has 0 fully saturated rings. The Morgan fingerprint density at radius 1 is 1.06 bits per heavy atom. The minimum absolute atomic E-state index is 0.438. The van der Waals surface area contributed by atoms with E-state index in [1.165, 1.54) is 4.68 Å². The normalized spacial score (nSPS) is 11.1. The first kappa shape index (κ1) is 11.8. The number of hydrogen-bond acceptors (Lipinski definition) is 2. The smallest absolute Gasteiger partial charge is 0.155 e. The molecule has 1 aromatic carbocycles. The molecule has 0 N–H and O–H groups in total. The van der Waals surface area contributed by atoms with E-state index >= 15 is 0 Å². The Hall–Kier alpha value is -1.29.